The van der Waals surface area contributed by atoms with Gasteiger partial charge in [0.15, 0.2) is 0 Å². The number of piperidine rings is 1. The van der Waals surface area contributed by atoms with Gasteiger partial charge in [0.1, 0.15) is 11.5 Å². The highest BCUT2D eigenvalue weighted by Crippen LogP contribution is 2.40. The second kappa shape index (κ2) is 11.4. The predicted molar refractivity (Wildman–Crippen MR) is 136 cm³/mol. The van der Waals surface area contributed by atoms with E-state index in [1.807, 2.05) is 18.3 Å². The van der Waals surface area contributed by atoms with Gasteiger partial charge in [-0.25, -0.2) is 4.79 Å². The zero-order valence-electron chi connectivity index (χ0n) is 20.4. The molecule has 3 N–H and O–H groups in total. The molecule has 2 heterocycles. The number of methoxy groups -OCH3 is 1. The number of rotatable bonds is 10. The van der Waals surface area contributed by atoms with Crippen LogP contribution in [-0.4, -0.2) is 52.9 Å². The van der Waals surface area contributed by atoms with Crippen molar-refractivity contribution in [1.82, 2.24) is 9.88 Å². The average molecular weight is 479 g/mol. The minimum atomic E-state index is -0.971. The number of nitrogens with zero attached hydrogens (tertiary/aromatic N) is 1. The van der Waals surface area contributed by atoms with Crippen LogP contribution in [0.15, 0.2) is 48.7 Å². The summed E-state index contributed by atoms with van der Waals surface area (Å²) in [6, 6.07) is 9.51. The van der Waals surface area contributed by atoms with Crippen LogP contribution in [0.2, 0.25) is 0 Å². The summed E-state index contributed by atoms with van der Waals surface area (Å²) in [4.78, 5) is 17.4. The summed E-state index contributed by atoms with van der Waals surface area (Å²) in [5.74, 6) is 0.524. The van der Waals surface area contributed by atoms with Gasteiger partial charge in [-0.15, -0.1) is 0 Å². The molecular formula is C28H34N2O5. The van der Waals surface area contributed by atoms with E-state index in [9.17, 15) is 9.90 Å². The Labute approximate surface area is 206 Å². The van der Waals surface area contributed by atoms with E-state index in [-0.39, 0.29) is 18.2 Å². The van der Waals surface area contributed by atoms with Crippen molar-refractivity contribution in [1.29, 1.82) is 0 Å². The number of aryl methyl sites for hydroxylation is 1. The van der Waals surface area contributed by atoms with Crippen molar-refractivity contribution in [2.75, 3.05) is 26.9 Å². The van der Waals surface area contributed by atoms with E-state index >= 15 is 0 Å². The minimum Gasteiger partial charge on any atom is -0.496 e. The Kier molecular flexibility index (Phi) is 8.10. The number of aromatic amines is 1. The van der Waals surface area contributed by atoms with Crippen molar-refractivity contribution in [2.24, 2.45) is 0 Å². The Balaban J connectivity index is 1.66. The number of aliphatic hydroxyl groups is 1. The molecule has 0 amide bonds. The fraction of sp³-hybridized carbons (Fsp3) is 0.393. The van der Waals surface area contributed by atoms with Crippen LogP contribution in [0, 0.1) is 6.92 Å². The van der Waals surface area contributed by atoms with Gasteiger partial charge in [-0.05, 0) is 62.6 Å². The number of benzene rings is 2. The number of carbonyl (C=O) groups is 1. The number of aliphatic hydroxyl groups excluding tert-OH is 1. The SMILES string of the molecule is COc1cc(C)c2[nH]ccc2c1CN1CCCCC1c1ccc(C(=O)O)cc1OCC/C=C\CO. The lowest BCUT2D eigenvalue weighted by Gasteiger charge is -2.37. The van der Waals surface area contributed by atoms with Gasteiger partial charge in [0.25, 0.3) is 0 Å². The van der Waals surface area contributed by atoms with Crippen molar-refractivity contribution in [3.8, 4) is 11.5 Å². The molecule has 1 fully saturated rings. The Morgan fingerprint density at radius 1 is 1.20 bits per heavy atom. The number of fused-ring (bicyclic) bond motifs is 1. The summed E-state index contributed by atoms with van der Waals surface area (Å²) in [5, 5.41) is 19.6. The van der Waals surface area contributed by atoms with Crippen LogP contribution in [0.4, 0.5) is 0 Å². The quantitative estimate of drug-likeness (QED) is 0.273. The van der Waals surface area contributed by atoms with Crippen LogP contribution in [-0.2, 0) is 6.54 Å². The summed E-state index contributed by atoms with van der Waals surface area (Å²) < 4.78 is 11.9. The maximum atomic E-state index is 11.6. The van der Waals surface area contributed by atoms with E-state index in [2.05, 4.69) is 28.9 Å². The highest BCUT2D eigenvalue weighted by molar-refractivity contribution is 5.89. The molecule has 1 saturated heterocycles. The van der Waals surface area contributed by atoms with Crippen LogP contribution in [0.25, 0.3) is 10.9 Å². The van der Waals surface area contributed by atoms with Crippen molar-refractivity contribution in [2.45, 2.75) is 45.2 Å². The number of ether oxygens (including phenoxy) is 2. The molecule has 0 spiro atoms. The van der Waals surface area contributed by atoms with E-state index in [1.165, 1.54) is 5.39 Å². The first-order valence-electron chi connectivity index (χ1n) is 12.2. The number of carboxylic acids is 1. The number of aromatic carboxylic acids is 1. The predicted octanol–water partition coefficient (Wildman–Crippen LogP) is 5.23. The molecule has 1 aliphatic rings. The fourth-order valence-corrected chi connectivity index (χ4v) is 5.01. The Bertz CT molecular complexity index is 1200. The van der Waals surface area contributed by atoms with Crippen molar-refractivity contribution in [3.05, 3.63) is 70.9 Å². The summed E-state index contributed by atoms with van der Waals surface area (Å²) in [5.41, 5.74) is 4.65. The number of H-pyrrole nitrogens is 1. The topological polar surface area (TPSA) is 95.0 Å². The lowest BCUT2D eigenvalue weighted by Crippen LogP contribution is -2.33. The zero-order valence-corrected chi connectivity index (χ0v) is 20.4. The van der Waals surface area contributed by atoms with Crippen LogP contribution in [0.5, 0.6) is 11.5 Å². The standard InChI is InChI=1S/C28H34N2O5/c1-19-16-25(34-2)23(21-11-12-29-27(19)21)18-30-13-5-4-8-24(30)22-10-9-20(28(32)33)17-26(22)35-15-7-3-6-14-31/h3,6,9-12,16-17,24,29,31H,4-5,7-8,13-15,18H2,1-2H3,(H,32,33)/b6-3-. The van der Waals surface area contributed by atoms with Gasteiger partial charge in [-0.1, -0.05) is 24.6 Å². The van der Waals surface area contributed by atoms with Crippen molar-refractivity contribution in [3.63, 3.8) is 0 Å². The fourth-order valence-electron chi connectivity index (χ4n) is 5.01. The van der Waals surface area contributed by atoms with E-state index in [1.54, 1.807) is 25.3 Å². The first-order valence-corrected chi connectivity index (χ1v) is 12.2. The van der Waals surface area contributed by atoms with Crippen LogP contribution >= 0.6 is 0 Å². The number of nitrogens with one attached hydrogen (secondary N) is 1. The minimum absolute atomic E-state index is 0.00628. The van der Waals surface area contributed by atoms with Gasteiger partial charge >= 0.3 is 5.97 Å². The van der Waals surface area contributed by atoms with Crippen molar-refractivity contribution >= 4 is 16.9 Å². The second-order valence-electron chi connectivity index (χ2n) is 8.97. The number of hydrogen-bond donors (Lipinski definition) is 3. The van der Waals surface area contributed by atoms with Crippen LogP contribution in [0.1, 0.15) is 58.8 Å². The number of aromatic nitrogens is 1. The summed E-state index contributed by atoms with van der Waals surface area (Å²) in [6.07, 6.45) is 9.32. The van der Waals surface area contributed by atoms with Crippen molar-refractivity contribution < 1.29 is 24.5 Å². The molecule has 0 saturated carbocycles. The first-order chi connectivity index (χ1) is 17.0. The lowest BCUT2D eigenvalue weighted by atomic mass is 9.92. The third-order valence-corrected chi connectivity index (χ3v) is 6.74. The molecule has 0 radical (unpaired) electrons. The molecule has 3 aromatic rings. The summed E-state index contributed by atoms with van der Waals surface area (Å²) in [6.45, 7) is 4.15. The molecule has 1 aliphatic heterocycles. The van der Waals surface area contributed by atoms with E-state index < -0.39 is 5.97 Å². The molecule has 2 aromatic carbocycles. The van der Waals surface area contributed by atoms with Gasteiger partial charge in [-0.3, -0.25) is 4.90 Å². The zero-order chi connectivity index (χ0) is 24.8. The van der Waals surface area contributed by atoms with E-state index in [0.29, 0.717) is 18.8 Å². The first kappa shape index (κ1) is 24.8. The average Bonchev–Trinajstić information content (AvgIpc) is 3.36. The lowest BCUT2D eigenvalue weighted by molar-refractivity contribution is 0.0696. The molecule has 0 aliphatic carbocycles. The molecule has 1 aromatic heterocycles. The molecule has 1 unspecified atom stereocenters. The highest BCUT2D eigenvalue weighted by Gasteiger charge is 2.29. The number of likely N-dealkylation sites (tertiary alicyclic amines) is 1. The Hall–Kier alpha value is -3.29. The van der Waals surface area contributed by atoms with Gasteiger partial charge < -0.3 is 24.7 Å². The number of carboxylic acid groups (broad SMARTS) is 1. The van der Waals surface area contributed by atoms with Gasteiger partial charge in [0.05, 0.1) is 25.9 Å². The summed E-state index contributed by atoms with van der Waals surface area (Å²) >= 11 is 0. The van der Waals surface area contributed by atoms with E-state index in [4.69, 9.17) is 14.6 Å². The second-order valence-corrected chi connectivity index (χ2v) is 8.97. The Morgan fingerprint density at radius 2 is 2.06 bits per heavy atom. The van der Waals surface area contributed by atoms with Gasteiger partial charge in [0, 0.05) is 40.8 Å². The third-order valence-electron chi connectivity index (χ3n) is 6.74. The highest BCUT2D eigenvalue weighted by atomic mass is 16.5. The van der Waals surface area contributed by atoms with Crippen LogP contribution in [0.3, 0.4) is 0 Å². The van der Waals surface area contributed by atoms with Gasteiger partial charge in [0.2, 0.25) is 0 Å². The summed E-state index contributed by atoms with van der Waals surface area (Å²) in [7, 11) is 1.71. The normalized spacial score (nSPS) is 16.7. The third kappa shape index (κ3) is 5.52. The maximum Gasteiger partial charge on any atom is 0.335 e. The molecular weight excluding hydrogens is 444 g/mol. The van der Waals surface area contributed by atoms with Gasteiger partial charge in [-0.2, -0.15) is 0 Å². The number of hydrogen-bond acceptors (Lipinski definition) is 5. The monoisotopic (exact) mass is 478 g/mol. The smallest absolute Gasteiger partial charge is 0.335 e. The molecule has 35 heavy (non-hydrogen) atoms. The molecule has 186 valence electrons. The molecule has 4 rings (SSSR count). The Morgan fingerprint density at radius 3 is 2.83 bits per heavy atom. The van der Waals surface area contributed by atoms with E-state index in [0.717, 1.165) is 60.3 Å². The molecule has 7 heteroatoms. The van der Waals surface area contributed by atoms with Crippen LogP contribution < -0.4 is 9.47 Å². The largest absolute Gasteiger partial charge is 0.496 e. The molecule has 0 bridgehead atoms. The maximum absolute atomic E-state index is 11.6. The molecule has 1 atom stereocenters. The molecule has 7 nitrogen and oxygen atoms in total.